The van der Waals surface area contributed by atoms with Gasteiger partial charge in [0.2, 0.25) is 35.4 Å². The minimum absolute atomic E-state index is 0.0332. The van der Waals surface area contributed by atoms with Gasteiger partial charge >= 0.3 is 0 Å². The van der Waals surface area contributed by atoms with Crippen LogP contribution in [0.3, 0.4) is 0 Å². The van der Waals surface area contributed by atoms with Crippen LogP contribution in [0.2, 0.25) is 0 Å². The van der Waals surface area contributed by atoms with Gasteiger partial charge in [-0.25, -0.2) is 4.98 Å². The van der Waals surface area contributed by atoms with Crippen LogP contribution < -0.4 is 37.0 Å². The standard InChI is InChI=1S/C38H59N9O9/c1-6-26(2)35(43-27(3)48)36(52)44-31(9-7-8-14-40-32(49)12-13-33(50)41-15-20-56-22-21-55-5)38(54)46-18-16-45(17-19-46)28-10-11-30-29(23-28)37(53)47(25-42-30)24-34(51)39-4/h10-11,23,25-26,31,35H,6-9,12-22,24H2,1-5H3,(H,39,51)(H,40,49)(H,41,50)(H,43,48)(H,44,52)/t26-,31-,35-/m0/s1. The molecule has 18 heteroatoms. The first-order valence-corrected chi connectivity index (χ1v) is 19.3. The molecule has 2 aromatic rings. The molecule has 0 spiro atoms. The third-order valence-corrected chi connectivity index (χ3v) is 9.65. The number of amides is 6. The molecule has 5 N–H and O–H groups in total. The molecule has 1 fully saturated rings. The molecule has 1 aromatic heterocycles. The van der Waals surface area contributed by atoms with Crippen molar-refractivity contribution in [3.05, 3.63) is 34.9 Å². The van der Waals surface area contributed by atoms with Crippen molar-refractivity contribution >= 4 is 52.0 Å². The average Bonchev–Trinajstić information content (AvgIpc) is 3.20. The van der Waals surface area contributed by atoms with Crippen molar-refractivity contribution in [3.63, 3.8) is 0 Å². The molecule has 56 heavy (non-hydrogen) atoms. The number of anilines is 1. The Balaban J connectivity index is 1.59. The summed E-state index contributed by atoms with van der Waals surface area (Å²) in [7, 11) is 3.07. The molecule has 18 nitrogen and oxygen atoms in total. The van der Waals surface area contributed by atoms with E-state index < -0.39 is 18.0 Å². The number of hydrogen-bond acceptors (Lipinski definition) is 11. The molecule has 0 aliphatic carbocycles. The van der Waals surface area contributed by atoms with Crippen molar-refractivity contribution in [2.75, 3.05) is 78.1 Å². The molecule has 6 amide bonds. The SMILES string of the molecule is CC[C@H](C)[C@H](NC(C)=O)C(=O)N[C@@H](CCCCNC(=O)CCC(=O)NCCOCCOC)C(=O)N1CCN(c2ccc3ncn(CC(=O)NC)c(=O)c3c2)CC1. The van der Waals surface area contributed by atoms with E-state index in [1.165, 1.54) is 24.9 Å². The van der Waals surface area contributed by atoms with E-state index in [-0.39, 0.29) is 60.4 Å². The first kappa shape index (κ1) is 45.3. The van der Waals surface area contributed by atoms with Crippen LogP contribution in [-0.2, 0) is 44.8 Å². The third kappa shape index (κ3) is 14.5. The highest BCUT2D eigenvalue weighted by Crippen LogP contribution is 2.21. The summed E-state index contributed by atoms with van der Waals surface area (Å²) in [4.78, 5) is 97.0. The summed E-state index contributed by atoms with van der Waals surface area (Å²) in [6.07, 6.45) is 3.42. The van der Waals surface area contributed by atoms with Crippen molar-refractivity contribution in [1.29, 1.82) is 0 Å². The van der Waals surface area contributed by atoms with E-state index in [2.05, 4.69) is 36.5 Å². The van der Waals surface area contributed by atoms with Gasteiger partial charge in [0, 0.05) is 78.9 Å². The van der Waals surface area contributed by atoms with E-state index in [0.29, 0.717) is 95.7 Å². The number of nitrogens with one attached hydrogen (secondary N) is 5. The fourth-order valence-electron chi connectivity index (χ4n) is 6.15. The molecular weight excluding hydrogens is 726 g/mol. The second-order valence-corrected chi connectivity index (χ2v) is 13.8. The van der Waals surface area contributed by atoms with Crippen LogP contribution in [0, 0.1) is 5.92 Å². The van der Waals surface area contributed by atoms with Gasteiger partial charge < -0.3 is 45.9 Å². The minimum atomic E-state index is -0.863. The largest absolute Gasteiger partial charge is 0.382 e. The molecule has 1 aliphatic rings. The smallest absolute Gasteiger partial charge is 0.261 e. The number of benzene rings is 1. The van der Waals surface area contributed by atoms with Gasteiger partial charge in [-0.2, -0.15) is 0 Å². The van der Waals surface area contributed by atoms with Gasteiger partial charge in [0.05, 0.1) is 37.1 Å². The second kappa shape index (κ2) is 23.7. The van der Waals surface area contributed by atoms with E-state index >= 15 is 0 Å². The monoisotopic (exact) mass is 785 g/mol. The van der Waals surface area contributed by atoms with E-state index in [0.717, 1.165) is 5.69 Å². The van der Waals surface area contributed by atoms with Crippen LogP contribution in [-0.4, -0.2) is 135 Å². The van der Waals surface area contributed by atoms with E-state index in [4.69, 9.17) is 9.47 Å². The maximum Gasteiger partial charge on any atom is 0.261 e. The molecule has 3 atom stereocenters. The Bertz CT molecular complexity index is 1690. The fraction of sp³-hybridized carbons (Fsp3) is 0.632. The summed E-state index contributed by atoms with van der Waals surface area (Å²) >= 11 is 0. The lowest BCUT2D eigenvalue weighted by atomic mass is 9.97. The summed E-state index contributed by atoms with van der Waals surface area (Å²) in [5, 5.41) is 14.0. The number of fused-ring (bicyclic) bond motifs is 1. The molecule has 310 valence electrons. The number of rotatable bonds is 23. The molecule has 2 heterocycles. The lowest BCUT2D eigenvalue weighted by molar-refractivity contribution is -0.138. The number of nitrogens with zero attached hydrogens (tertiary/aromatic N) is 4. The molecular formula is C38H59N9O9. The van der Waals surface area contributed by atoms with Crippen molar-refractivity contribution in [2.45, 2.75) is 77.9 Å². The van der Waals surface area contributed by atoms with Gasteiger partial charge in [-0.1, -0.05) is 20.3 Å². The minimum Gasteiger partial charge on any atom is -0.382 e. The van der Waals surface area contributed by atoms with Crippen LogP contribution in [0.15, 0.2) is 29.3 Å². The number of piperazine rings is 1. The normalized spacial score (nSPS) is 14.4. The Labute approximate surface area is 327 Å². The first-order valence-electron chi connectivity index (χ1n) is 19.3. The van der Waals surface area contributed by atoms with Crippen molar-refractivity contribution in [1.82, 2.24) is 41.0 Å². The lowest BCUT2D eigenvalue weighted by Crippen LogP contribution is -2.58. The fourth-order valence-corrected chi connectivity index (χ4v) is 6.15. The Hall–Kier alpha value is -5.10. The number of hydrogen-bond donors (Lipinski definition) is 5. The number of methoxy groups -OCH3 is 1. The zero-order valence-corrected chi connectivity index (χ0v) is 33.3. The molecule has 1 saturated heterocycles. The highest BCUT2D eigenvalue weighted by molar-refractivity contribution is 5.92. The van der Waals surface area contributed by atoms with Crippen LogP contribution in [0.1, 0.15) is 59.3 Å². The van der Waals surface area contributed by atoms with Crippen LogP contribution in [0.25, 0.3) is 10.9 Å². The highest BCUT2D eigenvalue weighted by atomic mass is 16.5. The number of aromatic nitrogens is 2. The molecule has 1 aliphatic heterocycles. The summed E-state index contributed by atoms with van der Waals surface area (Å²) in [6, 6.07) is 3.69. The summed E-state index contributed by atoms with van der Waals surface area (Å²) in [5.74, 6) is -2.04. The Morgan fingerprint density at radius 2 is 1.59 bits per heavy atom. The zero-order chi connectivity index (χ0) is 41.0. The number of ether oxygens (including phenoxy) is 2. The average molecular weight is 786 g/mol. The van der Waals surface area contributed by atoms with E-state index in [1.807, 2.05) is 19.9 Å². The topological polar surface area (TPSA) is 222 Å². The lowest BCUT2D eigenvalue weighted by Gasteiger charge is -2.38. The Morgan fingerprint density at radius 1 is 0.893 bits per heavy atom. The van der Waals surface area contributed by atoms with E-state index in [1.54, 1.807) is 24.1 Å². The third-order valence-electron chi connectivity index (χ3n) is 9.65. The summed E-state index contributed by atoms with van der Waals surface area (Å²) in [6.45, 7) is 8.58. The summed E-state index contributed by atoms with van der Waals surface area (Å²) < 4.78 is 11.5. The quantitative estimate of drug-likeness (QED) is 0.0919. The van der Waals surface area contributed by atoms with Gasteiger partial charge in [-0.15, -0.1) is 0 Å². The molecule has 0 saturated carbocycles. The van der Waals surface area contributed by atoms with Gasteiger partial charge in [0.25, 0.3) is 5.56 Å². The van der Waals surface area contributed by atoms with Crippen molar-refractivity contribution in [2.24, 2.45) is 5.92 Å². The van der Waals surface area contributed by atoms with E-state index in [9.17, 15) is 33.6 Å². The summed E-state index contributed by atoms with van der Waals surface area (Å²) in [5.41, 5.74) is 0.956. The number of likely N-dealkylation sites (N-methyl/N-ethyl adjacent to an activating group) is 1. The van der Waals surface area contributed by atoms with Gasteiger partial charge in [0.15, 0.2) is 0 Å². The zero-order valence-electron chi connectivity index (χ0n) is 33.3. The number of carbonyl (C=O) groups is 6. The van der Waals surface area contributed by atoms with Crippen molar-refractivity contribution in [3.8, 4) is 0 Å². The maximum atomic E-state index is 14.0. The predicted octanol–water partition coefficient (Wildman–Crippen LogP) is -0.327. The predicted molar refractivity (Wildman–Crippen MR) is 210 cm³/mol. The second-order valence-electron chi connectivity index (χ2n) is 13.8. The Morgan fingerprint density at radius 3 is 2.23 bits per heavy atom. The molecule has 0 radical (unpaired) electrons. The maximum absolute atomic E-state index is 14.0. The Kier molecular flexibility index (Phi) is 19.2. The molecule has 1 aromatic carbocycles. The van der Waals surface area contributed by atoms with Gasteiger partial charge in [-0.05, 0) is 43.4 Å². The first-order chi connectivity index (χ1) is 26.9. The van der Waals surface area contributed by atoms with Gasteiger partial charge in [-0.3, -0.25) is 38.1 Å². The molecule has 0 bridgehead atoms. The van der Waals surface area contributed by atoms with Crippen molar-refractivity contribution < 1.29 is 38.2 Å². The highest BCUT2D eigenvalue weighted by Gasteiger charge is 2.32. The molecule has 0 unspecified atom stereocenters. The van der Waals surface area contributed by atoms with Gasteiger partial charge in [0.1, 0.15) is 18.6 Å². The van der Waals surface area contributed by atoms with Crippen LogP contribution >= 0.6 is 0 Å². The molecule has 3 rings (SSSR count). The van der Waals surface area contributed by atoms with Crippen LogP contribution in [0.4, 0.5) is 5.69 Å². The van der Waals surface area contributed by atoms with Crippen LogP contribution in [0.5, 0.6) is 0 Å². The number of carbonyl (C=O) groups excluding carboxylic acids is 6. The number of unbranched alkanes of at least 4 members (excludes halogenated alkanes) is 1.